The summed E-state index contributed by atoms with van der Waals surface area (Å²) in [4.78, 5) is 0. The first-order valence-electron chi connectivity index (χ1n) is 4.57. The highest BCUT2D eigenvalue weighted by atomic mass is 16.5. The van der Waals surface area contributed by atoms with Crippen molar-refractivity contribution in [2.24, 2.45) is 0 Å². The van der Waals surface area contributed by atoms with Gasteiger partial charge in [0.25, 0.3) is 0 Å². The van der Waals surface area contributed by atoms with Gasteiger partial charge in [0.05, 0.1) is 6.61 Å². The van der Waals surface area contributed by atoms with Crippen LogP contribution in [0.1, 0.15) is 23.6 Å². The van der Waals surface area contributed by atoms with Crippen molar-refractivity contribution in [2.45, 2.75) is 27.7 Å². The summed E-state index contributed by atoms with van der Waals surface area (Å²) in [6.45, 7) is 8.78. The van der Waals surface area contributed by atoms with E-state index in [1.807, 2.05) is 33.8 Å². The maximum atomic E-state index is 5.83. The largest absolute Gasteiger partial charge is 0.493 e. The minimum atomic E-state index is 0.699. The van der Waals surface area contributed by atoms with Crippen LogP contribution in [-0.2, 0) is 0 Å². The van der Waals surface area contributed by atoms with Crippen LogP contribution >= 0.6 is 0 Å². The Bertz CT molecular complexity index is 318. The molecule has 1 rings (SSSR count). The fourth-order valence-corrected chi connectivity index (χ4v) is 1.46. The van der Waals surface area contributed by atoms with Gasteiger partial charge >= 0.3 is 0 Å². The summed E-state index contributed by atoms with van der Waals surface area (Å²) in [5, 5.41) is 0. The molecule has 0 aliphatic carbocycles. The van der Waals surface area contributed by atoms with Crippen molar-refractivity contribution >= 4 is 5.69 Å². The summed E-state index contributed by atoms with van der Waals surface area (Å²) in [5.41, 5.74) is 10.1. The second-order valence-electron chi connectivity index (χ2n) is 3.29. The van der Waals surface area contributed by atoms with Gasteiger partial charge in [0, 0.05) is 5.69 Å². The van der Waals surface area contributed by atoms with Crippen LogP contribution in [0.25, 0.3) is 0 Å². The van der Waals surface area contributed by atoms with E-state index in [0.717, 1.165) is 28.1 Å². The van der Waals surface area contributed by atoms with Gasteiger partial charge in [-0.1, -0.05) is 0 Å². The highest BCUT2D eigenvalue weighted by Crippen LogP contribution is 2.29. The molecule has 0 unspecified atom stereocenters. The molecular formula is C11H17NO. The van der Waals surface area contributed by atoms with E-state index in [-0.39, 0.29) is 0 Å². The molecular weight excluding hydrogens is 162 g/mol. The Morgan fingerprint density at radius 2 is 1.85 bits per heavy atom. The first kappa shape index (κ1) is 9.90. The third-order valence-corrected chi connectivity index (χ3v) is 2.35. The number of hydrogen-bond acceptors (Lipinski definition) is 2. The Kier molecular flexibility index (Phi) is 2.81. The van der Waals surface area contributed by atoms with E-state index in [2.05, 4.69) is 0 Å². The lowest BCUT2D eigenvalue weighted by atomic mass is 10.0. The molecule has 0 radical (unpaired) electrons. The number of anilines is 1. The van der Waals surface area contributed by atoms with E-state index in [1.165, 1.54) is 0 Å². The maximum Gasteiger partial charge on any atom is 0.125 e. The van der Waals surface area contributed by atoms with E-state index >= 15 is 0 Å². The molecule has 0 bridgehead atoms. The summed E-state index contributed by atoms with van der Waals surface area (Å²) in [6.07, 6.45) is 0. The molecule has 0 spiro atoms. The molecule has 0 fully saturated rings. The fraction of sp³-hybridized carbons (Fsp3) is 0.455. The molecule has 0 atom stereocenters. The van der Waals surface area contributed by atoms with E-state index in [4.69, 9.17) is 10.5 Å². The molecule has 0 heterocycles. The predicted octanol–water partition coefficient (Wildman–Crippen LogP) is 2.59. The standard InChI is InChI=1S/C11H17NO/c1-5-13-11-7(2)6-10(12)8(3)9(11)4/h6H,5,12H2,1-4H3. The van der Waals surface area contributed by atoms with Crippen LogP contribution in [0.4, 0.5) is 5.69 Å². The van der Waals surface area contributed by atoms with Crippen LogP contribution in [0.3, 0.4) is 0 Å². The average Bonchev–Trinajstić information content (AvgIpc) is 2.09. The Hall–Kier alpha value is -1.18. The Morgan fingerprint density at radius 1 is 1.23 bits per heavy atom. The van der Waals surface area contributed by atoms with Crippen LogP contribution in [0.5, 0.6) is 5.75 Å². The van der Waals surface area contributed by atoms with Gasteiger partial charge in [-0.3, -0.25) is 0 Å². The number of nitrogen functional groups attached to an aromatic ring is 1. The molecule has 0 amide bonds. The van der Waals surface area contributed by atoms with Crippen molar-refractivity contribution in [1.29, 1.82) is 0 Å². The average molecular weight is 179 g/mol. The van der Waals surface area contributed by atoms with Crippen molar-refractivity contribution in [1.82, 2.24) is 0 Å². The zero-order chi connectivity index (χ0) is 10.0. The lowest BCUT2D eigenvalue weighted by molar-refractivity contribution is 0.335. The highest BCUT2D eigenvalue weighted by molar-refractivity contribution is 5.58. The van der Waals surface area contributed by atoms with E-state index in [0.29, 0.717) is 6.61 Å². The summed E-state index contributed by atoms with van der Waals surface area (Å²) in [7, 11) is 0. The van der Waals surface area contributed by atoms with Crippen molar-refractivity contribution in [3.8, 4) is 5.75 Å². The smallest absolute Gasteiger partial charge is 0.125 e. The van der Waals surface area contributed by atoms with Gasteiger partial charge in [-0.2, -0.15) is 0 Å². The molecule has 13 heavy (non-hydrogen) atoms. The van der Waals surface area contributed by atoms with Crippen LogP contribution in [-0.4, -0.2) is 6.61 Å². The van der Waals surface area contributed by atoms with Crippen LogP contribution in [0.15, 0.2) is 6.07 Å². The molecule has 0 aromatic heterocycles. The normalized spacial score (nSPS) is 10.2. The third-order valence-electron chi connectivity index (χ3n) is 2.35. The van der Waals surface area contributed by atoms with Gasteiger partial charge in [-0.15, -0.1) is 0 Å². The fourth-order valence-electron chi connectivity index (χ4n) is 1.46. The molecule has 1 aromatic carbocycles. The van der Waals surface area contributed by atoms with E-state index in [1.54, 1.807) is 0 Å². The number of hydrogen-bond donors (Lipinski definition) is 1. The van der Waals surface area contributed by atoms with Crippen LogP contribution in [0, 0.1) is 20.8 Å². The summed E-state index contributed by atoms with van der Waals surface area (Å²) in [6, 6.07) is 1.97. The van der Waals surface area contributed by atoms with Crippen LogP contribution < -0.4 is 10.5 Å². The Balaban J connectivity index is 3.26. The molecule has 72 valence electrons. The van der Waals surface area contributed by atoms with Crippen molar-refractivity contribution in [2.75, 3.05) is 12.3 Å². The van der Waals surface area contributed by atoms with Gasteiger partial charge in [0.2, 0.25) is 0 Å². The molecule has 2 heteroatoms. The van der Waals surface area contributed by atoms with Gasteiger partial charge in [0.15, 0.2) is 0 Å². The first-order chi connectivity index (χ1) is 6.07. The maximum absolute atomic E-state index is 5.83. The van der Waals surface area contributed by atoms with Crippen LogP contribution in [0.2, 0.25) is 0 Å². The molecule has 0 aliphatic heterocycles. The molecule has 2 N–H and O–H groups in total. The number of benzene rings is 1. The SMILES string of the molecule is CCOc1c(C)cc(N)c(C)c1C. The second kappa shape index (κ2) is 3.69. The quantitative estimate of drug-likeness (QED) is 0.708. The number of ether oxygens (including phenoxy) is 1. The predicted molar refractivity (Wildman–Crippen MR) is 56.2 cm³/mol. The van der Waals surface area contributed by atoms with Gasteiger partial charge < -0.3 is 10.5 Å². The van der Waals surface area contributed by atoms with Crippen molar-refractivity contribution < 1.29 is 4.74 Å². The monoisotopic (exact) mass is 179 g/mol. The molecule has 0 saturated carbocycles. The van der Waals surface area contributed by atoms with E-state index in [9.17, 15) is 0 Å². The summed E-state index contributed by atoms with van der Waals surface area (Å²) in [5.74, 6) is 0.981. The number of rotatable bonds is 2. The second-order valence-corrected chi connectivity index (χ2v) is 3.29. The van der Waals surface area contributed by atoms with E-state index < -0.39 is 0 Å². The topological polar surface area (TPSA) is 35.2 Å². The lowest BCUT2D eigenvalue weighted by Crippen LogP contribution is -2.01. The third kappa shape index (κ3) is 1.77. The molecule has 1 aromatic rings. The molecule has 0 aliphatic rings. The lowest BCUT2D eigenvalue weighted by Gasteiger charge is -2.14. The van der Waals surface area contributed by atoms with Gasteiger partial charge in [0.1, 0.15) is 5.75 Å². The Morgan fingerprint density at radius 3 is 2.38 bits per heavy atom. The summed E-state index contributed by atoms with van der Waals surface area (Å²) < 4.78 is 5.55. The zero-order valence-electron chi connectivity index (χ0n) is 8.77. The highest BCUT2D eigenvalue weighted by Gasteiger charge is 2.08. The number of nitrogens with two attached hydrogens (primary N) is 1. The van der Waals surface area contributed by atoms with Crippen molar-refractivity contribution in [3.05, 3.63) is 22.8 Å². The van der Waals surface area contributed by atoms with Crippen molar-refractivity contribution in [3.63, 3.8) is 0 Å². The minimum Gasteiger partial charge on any atom is -0.493 e. The summed E-state index contributed by atoms with van der Waals surface area (Å²) >= 11 is 0. The molecule has 0 saturated heterocycles. The first-order valence-corrected chi connectivity index (χ1v) is 4.57. The van der Waals surface area contributed by atoms with Gasteiger partial charge in [-0.25, -0.2) is 0 Å². The number of aryl methyl sites for hydroxylation is 1. The molecule has 2 nitrogen and oxygen atoms in total. The minimum absolute atomic E-state index is 0.699. The Labute approximate surface area is 79.7 Å². The van der Waals surface area contributed by atoms with Gasteiger partial charge in [-0.05, 0) is 50.5 Å². The zero-order valence-corrected chi connectivity index (χ0v) is 8.77.